The Labute approximate surface area is 148 Å². The molecule has 2 rings (SSSR count). The van der Waals surface area contributed by atoms with E-state index in [0.717, 1.165) is 23.2 Å². The fraction of sp³-hybridized carbons (Fsp3) is 0.316. The number of aryl methyl sites for hydroxylation is 1. The lowest BCUT2D eigenvalue weighted by atomic mass is 10.1. The van der Waals surface area contributed by atoms with Crippen LogP contribution in [0.25, 0.3) is 0 Å². The number of anilines is 2. The molecule has 1 aromatic heterocycles. The largest absolute Gasteiger partial charge is 0.331 e. The van der Waals surface area contributed by atoms with Crippen molar-refractivity contribution in [2.75, 3.05) is 10.6 Å². The predicted molar refractivity (Wildman–Crippen MR) is 99.5 cm³/mol. The summed E-state index contributed by atoms with van der Waals surface area (Å²) in [7, 11) is 0. The van der Waals surface area contributed by atoms with Crippen LogP contribution in [0.3, 0.4) is 0 Å². The minimum Gasteiger partial charge on any atom is -0.331 e. The van der Waals surface area contributed by atoms with E-state index in [1.165, 1.54) is 0 Å². The number of nitrogens with zero attached hydrogens (tertiary/aromatic N) is 1. The molecule has 6 heteroatoms. The number of hydrogen-bond acceptors (Lipinski definition) is 3. The maximum atomic E-state index is 12.3. The molecule has 0 saturated carbocycles. The first-order chi connectivity index (χ1) is 12.0. The van der Waals surface area contributed by atoms with E-state index in [1.54, 1.807) is 31.5 Å². The average Bonchev–Trinajstić information content (AvgIpc) is 2.62. The lowest BCUT2D eigenvalue weighted by molar-refractivity contribution is -0.115. The zero-order valence-electron chi connectivity index (χ0n) is 14.8. The second-order valence-corrected chi connectivity index (χ2v) is 5.77. The van der Waals surface area contributed by atoms with Gasteiger partial charge in [0.1, 0.15) is 0 Å². The Morgan fingerprint density at radius 3 is 2.40 bits per heavy atom. The lowest BCUT2D eigenvalue weighted by Crippen LogP contribution is -2.32. The number of carbonyl (C=O) groups excluding carboxylic acids is 2. The summed E-state index contributed by atoms with van der Waals surface area (Å²) in [6, 6.07) is 8.83. The van der Waals surface area contributed by atoms with Crippen LogP contribution in [-0.4, -0.2) is 16.9 Å². The molecule has 3 amide bonds. The molecule has 1 heterocycles. The summed E-state index contributed by atoms with van der Waals surface area (Å²) in [4.78, 5) is 27.8. The van der Waals surface area contributed by atoms with Crippen molar-refractivity contribution in [3.05, 3.63) is 53.9 Å². The highest BCUT2D eigenvalue weighted by Crippen LogP contribution is 2.20. The maximum Gasteiger partial charge on any atom is 0.319 e. The maximum absolute atomic E-state index is 12.3. The van der Waals surface area contributed by atoms with E-state index < -0.39 is 0 Å². The van der Waals surface area contributed by atoms with E-state index >= 15 is 0 Å². The minimum absolute atomic E-state index is 0.0373. The zero-order chi connectivity index (χ0) is 18.2. The van der Waals surface area contributed by atoms with E-state index in [0.29, 0.717) is 12.1 Å². The van der Waals surface area contributed by atoms with Gasteiger partial charge in [-0.25, -0.2) is 4.79 Å². The molecule has 132 valence electrons. The number of benzene rings is 1. The fourth-order valence-electron chi connectivity index (χ4n) is 2.46. The molecule has 0 saturated heterocycles. The summed E-state index contributed by atoms with van der Waals surface area (Å²) >= 11 is 0. The fourth-order valence-corrected chi connectivity index (χ4v) is 2.46. The third-order valence-electron chi connectivity index (χ3n) is 3.90. The topological polar surface area (TPSA) is 83.1 Å². The Kier molecular flexibility index (Phi) is 6.51. The average molecular weight is 340 g/mol. The van der Waals surface area contributed by atoms with E-state index in [-0.39, 0.29) is 18.0 Å². The van der Waals surface area contributed by atoms with E-state index in [1.807, 2.05) is 32.0 Å². The third kappa shape index (κ3) is 5.31. The Hall–Kier alpha value is -2.89. The van der Waals surface area contributed by atoms with Gasteiger partial charge in [-0.3, -0.25) is 9.78 Å². The third-order valence-corrected chi connectivity index (χ3v) is 3.90. The van der Waals surface area contributed by atoms with Crippen molar-refractivity contribution in [3.8, 4) is 0 Å². The molecule has 3 N–H and O–H groups in total. The van der Waals surface area contributed by atoms with Crippen molar-refractivity contribution in [3.63, 3.8) is 0 Å². The Bertz CT molecular complexity index is 731. The van der Waals surface area contributed by atoms with Gasteiger partial charge in [0, 0.05) is 30.2 Å². The van der Waals surface area contributed by atoms with Gasteiger partial charge in [-0.15, -0.1) is 0 Å². The van der Waals surface area contributed by atoms with Crippen LogP contribution in [0.4, 0.5) is 16.2 Å². The molecule has 1 atom stereocenters. The molecule has 6 nitrogen and oxygen atoms in total. The monoisotopic (exact) mass is 340 g/mol. The molecule has 0 unspecified atom stereocenters. The van der Waals surface area contributed by atoms with Gasteiger partial charge in [-0.05, 0) is 54.8 Å². The van der Waals surface area contributed by atoms with Crippen molar-refractivity contribution in [2.24, 2.45) is 0 Å². The van der Waals surface area contributed by atoms with Crippen LogP contribution in [0.1, 0.15) is 43.9 Å². The van der Waals surface area contributed by atoms with Gasteiger partial charge in [0.15, 0.2) is 0 Å². The molecule has 0 spiro atoms. The molecule has 0 radical (unpaired) electrons. The lowest BCUT2D eigenvalue weighted by Gasteiger charge is -2.18. The van der Waals surface area contributed by atoms with Crippen molar-refractivity contribution in [1.29, 1.82) is 0 Å². The van der Waals surface area contributed by atoms with Crippen molar-refractivity contribution < 1.29 is 9.59 Å². The number of aromatic nitrogens is 1. The number of hydrogen-bond donors (Lipinski definition) is 3. The Balaban J connectivity index is 2.00. The Morgan fingerprint density at radius 1 is 1.08 bits per heavy atom. The number of carbonyl (C=O) groups is 2. The van der Waals surface area contributed by atoms with Gasteiger partial charge >= 0.3 is 6.03 Å². The van der Waals surface area contributed by atoms with Gasteiger partial charge in [0.25, 0.3) is 0 Å². The molecule has 25 heavy (non-hydrogen) atoms. The molecule has 1 aromatic carbocycles. The molecular weight excluding hydrogens is 316 g/mol. The normalized spacial score (nSPS) is 11.5. The summed E-state index contributed by atoms with van der Waals surface area (Å²) in [6.45, 7) is 5.71. The molecule has 2 aromatic rings. The van der Waals surface area contributed by atoms with Crippen LogP contribution in [0.15, 0.2) is 42.7 Å². The van der Waals surface area contributed by atoms with Gasteiger partial charge in [0.05, 0.1) is 6.04 Å². The summed E-state index contributed by atoms with van der Waals surface area (Å²) in [5.41, 5.74) is 3.33. The van der Waals surface area contributed by atoms with E-state index in [9.17, 15) is 9.59 Å². The molecule has 0 bridgehead atoms. The highest BCUT2D eigenvalue weighted by Gasteiger charge is 2.13. The van der Waals surface area contributed by atoms with Crippen molar-refractivity contribution in [1.82, 2.24) is 10.3 Å². The highest BCUT2D eigenvalue weighted by molar-refractivity contribution is 5.93. The number of nitrogens with one attached hydrogen (secondary N) is 3. The van der Waals surface area contributed by atoms with Gasteiger partial charge in [-0.1, -0.05) is 13.8 Å². The van der Waals surface area contributed by atoms with Crippen LogP contribution in [0, 0.1) is 6.92 Å². The Morgan fingerprint density at radius 2 is 1.80 bits per heavy atom. The molecule has 0 aliphatic rings. The van der Waals surface area contributed by atoms with Gasteiger partial charge in [-0.2, -0.15) is 0 Å². The van der Waals surface area contributed by atoms with Crippen LogP contribution < -0.4 is 16.0 Å². The first kappa shape index (κ1) is 18.4. The smallest absolute Gasteiger partial charge is 0.319 e. The molecule has 0 aliphatic carbocycles. The summed E-state index contributed by atoms with van der Waals surface area (Å²) < 4.78 is 0. The second-order valence-electron chi connectivity index (χ2n) is 5.77. The molecule has 0 fully saturated rings. The summed E-state index contributed by atoms with van der Waals surface area (Å²) in [6.07, 6.45) is 4.63. The molecular formula is C19H24N4O2. The number of pyridine rings is 1. The summed E-state index contributed by atoms with van der Waals surface area (Å²) in [5.74, 6) is -0.0373. The highest BCUT2D eigenvalue weighted by atomic mass is 16.2. The van der Waals surface area contributed by atoms with Crippen molar-refractivity contribution in [2.45, 2.75) is 39.7 Å². The van der Waals surface area contributed by atoms with Crippen LogP contribution in [0.5, 0.6) is 0 Å². The van der Waals surface area contributed by atoms with Gasteiger partial charge in [0.2, 0.25) is 5.91 Å². The second kappa shape index (κ2) is 8.82. The van der Waals surface area contributed by atoms with E-state index in [2.05, 4.69) is 20.9 Å². The predicted octanol–water partition coefficient (Wildman–Crippen LogP) is 4.01. The minimum atomic E-state index is -0.270. The van der Waals surface area contributed by atoms with E-state index in [4.69, 9.17) is 0 Å². The van der Waals surface area contributed by atoms with Gasteiger partial charge < -0.3 is 16.0 Å². The van der Waals surface area contributed by atoms with Crippen molar-refractivity contribution >= 4 is 23.3 Å². The standard InChI is InChI=1S/C19H24N4O2/c1-4-16(14-8-10-20-11-9-14)23-19(25)21-15-6-7-17(13(3)12-15)22-18(24)5-2/h6-12,16H,4-5H2,1-3H3,(H,22,24)(H2,21,23,25)/t16-/m0/s1. The van der Waals surface area contributed by atoms with Crippen LogP contribution in [0.2, 0.25) is 0 Å². The first-order valence-electron chi connectivity index (χ1n) is 8.41. The number of amides is 3. The van der Waals surface area contributed by atoms with Crippen LogP contribution in [-0.2, 0) is 4.79 Å². The molecule has 0 aliphatic heterocycles. The quantitative estimate of drug-likeness (QED) is 0.743. The SMILES string of the molecule is CCC(=O)Nc1ccc(NC(=O)N[C@@H](CC)c2ccncc2)cc1C. The summed E-state index contributed by atoms with van der Waals surface area (Å²) in [5, 5.41) is 8.62. The first-order valence-corrected chi connectivity index (χ1v) is 8.41. The van der Waals surface area contributed by atoms with Crippen LogP contribution >= 0.6 is 0 Å². The number of rotatable bonds is 6. The number of urea groups is 1. The zero-order valence-corrected chi connectivity index (χ0v) is 14.8.